The van der Waals surface area contributed by atoms with Crippen molar-refractivity contribution in [3.63, 3.8) is 0 Å². The van der Waals surface area contributed by atoms with Crippen molar-refractivity contribution >= 4 is 52.4 Å². The lowest BCUT2D eigenvalue weighted by molar-refractivity contribution is -0.123. The summed E-state index contributed by atoms with van der Waals surface area (Å²) in [5.74, 6) is -1.34. The number of ether oxygens (including phenoxy) is 1. The molecule has 0 fully saturated rings. The second kappa shape index (κ2) is 7.64. The van der Waals surface area contributed by atoms with Crippen LogP contribution in [-0.4, -0.2) is 23.0 Å². The molecule has 0 bridgehead atoms. The van der Waals surface area contributed by atoms with Crippen molar-refractivity contribution in [2.24, 2.45) is 0 Å². The number of amides is 1. The van der Waals surface area contributed by atoms with Crippen molar-refractivity contribution in [1.82, 2.24) is 4.98 Å². The number of nitrogens with zero attached hydrogens (tertiary/aromatic N) is 1. The van der Waals surface area contributed by atoms with E-state index in [0.29, 0.717) is 5.02 Å². The molecule has 0 unspecified atom stereocenters. The Kier molecular flexibility index (Phi) is 5.82. The number of pyridine rings is 1. The molecule has 0 aliphatic heterocycles. The number of benzene rings is 1. The fraction of sp³-hybridized carbons (Fsp3) is 0.133. The number of carbonyl (C=O) groups excluding carboxylic acids is 2. The third-order valence-electron chi connectivity index (χ3n) is 2.80. The van der Waals surface area contributed by atoms with Gasteiger partial charge in [-0.1, -0.05) is 40.9 Å². The lowest BCUT2D eigenvalue weighted by Crippen LogP contribution is -2.30. The molecule has 1 atom stereocenters. The molecule has 5 nitrogen and oxygen atoms in total. The zero-order valence-corrected chi connectivity index (χ0v) is 14.1. The highest BCUT2D eigenvalue weighted by molar-refractivity contribution is 6.39. The number of rotatable bonds is 4. The van der Waals surface area contributed by atoms with Crippen LogP contribution < -0.4 is 5.32 Å². The molecule has 1 aromatic carbocycles. The summed E-state index contributed by atoms with van der Waals surface area (Å²) in [6, 6.07) is 7.67. The zero-order chi connectivity index (χ0) is 17.0. The molecule has 2 aromatic rings. The average Bonchev–Trinajstić information content (AvgIpc) is 2.50. The normalized spacial score (nSPS) is 11.7. The van der Waals surface area contributed by atoms with Gasteiger partial charge in [-0.05, 0) is 31.2 Å². The number of anilines is 1. The van der Waals surface area contributed by atoms with E-state index in [1.165, 1.54) is 25.3 Å². The number of hydrogen-bond donors (Lipinski definition) is 1. The number of carbonyl (C=O) groups is 2. The van der Waals surface area contributed by atoms with Gasteiger partial charge in [0.1, 0.15) is 5.69 Å². The molecule has 0 aliphatic rings. The van der Waals surface area contributed by atoms with Gasteiger partial charge in [-0.25, -0.2) is 9.78 Å². The minimum absolute atomic E-state index is 0.00734. The van der Waals surface area contributed by atoms with Gasteiger partial charge in [-0.2, -0.15) is 0 Å². The Bertz CT molecular complexity index is 732. The minimum Gasteiger partial charge on any atom is -0.448 e. The van der Waals surface area contributed by atoms with Crippen LogP contribution in [0.1, 0.15) is 17.4 Å². The van der Waals surface area contributed by atoms with E-state index in [4.69, 9.17) is 39.5 Å². The lowest BCUT2D eigenvalue weighted by atomic mass is 10.3. The summed E-state index contributed by atoms with van der Waals surface area (Å²) < 4.78 is 5.05. The minimum atomic E-state index is -1.07. The van der Waals surface area contributed by atoms with E-state index in [-0.39, 0.29) is 21.4 Å². The number of hydrogen-bond acceptors (Lipinski definition) is 4. The van der Waals surface area contributed by atoms with Crippen molar-refractivity contribution < 1.29 is 14.3 Å². The maximum absolute atomic E-state index is 12.1. The molecular weight excluding hydrogens is 363 g/mol. The molecule has 23 heavy (non-hydrogen) atoms. The summed E-state index contributed by atoms with van der Waals surface area (Å²) in [7, 11) is 0. The maximum Gasteiger partial charge on any atom is 0.357 e. The Morgan fingerprint density at radius 3 is 2.43 bits per heavy atom. The fourth-order valence-corrected chi connectivity index (χ4v) is 2.28. The van der Waals surface area contributed by atoms with Gasteiger partial charge in [-0.3, -0.25) is 4.79 Å². The molecule has 0 saturated heterocycles. The van der Waals surface area contributed by atoms with E-state index in [2.05, 4.69) is 10.3 Å². The van der Waals surface area contributed by atoms with E-state index in [0.717, 1.165) is 0 Å². The second-order valence-corrected chi connectivity index (χ2v) is 5.74. The molecule has 0 saturated carbocycles. The third kappa shape index (κ3) is 4.58. The van der Waals surface area contributed by atoms with Crippen LogP contribution in [0.2, 0.25) is 15.1 Å². The van der Waals surface area contributed by atoms with Gasteiger partial charge >= 0.3 is 5.97 Å². The quantitative estimate of drug-likeness (QED) is 0.815. The summed E-state index contributed by atoms with van der Waals surface area (Å²) in [4.78, 5) is 27.9. The van der Waals surface area contributed by atoms with Crippen molar-refractivity contribution in [3.05, 3.63) is 57.3 Å². The summed E-state index contributed by atoms with van der Waals surface area (Å²) >= 11 is 17.7. The van der Waals surface area contributed by atoms with Gasteiger partial charge in [0.2, 0.25) is 0 Å². The first kappa shape index (κ1) is 17.5. The molecule has 0 spiro atoms. The van der Waals surface area contributed by atoms with Gasteiger partial charge in [0, 0.05) is 11.2 Å². The van der Waals surface area contributed by atoms with Crippen LogP contribution >= 0.6 is 34.8 Å². The molecule has 1 aromatic heterocycles. The van der Waals surface area contributed by atoms with Crippen LogP contribution in [0.25, 0.3) is 0 Å². The van der Waals surface area contributed by atoms with E-state index < -0.39 is 18.0 Å². The second-order valence-electron chi connectivity index (χ2n) is 4.49. The number of esters is 1. The predicted molar refractivity (Wildman–Crippen MR) is 89.2 cm³/mol. The number of halogens is 3. The maximum atomic E-state index is 12.1. The fourth-order valence-electron chi connectivity index (χ4n) is 1.63. The smallest absolute Gasteiger partial charge is 0.357 e. The molecule has 1 N–H and O–H groups in total. The molecule has 1 heterocycles. The van der Waals surface area contributed by atoms with Crippen LogP contribution in [0.15, 0.2) is 36.5 Å². The van der Waals surface area contributed by atoms with E-state index in [1.54, 1.807) is 18.2 Å². The van der Waals surface area contributed by atoms with Crippen molar-refractivity contribution in [2.45, 2.75) is 13.0 Å². The van der Waals surface area contributed by atoms with Crippen LogP contribution in [0.3, 0.4) is 0 Å². The number of nitrogens with one attached hydrogen (secondary N) is 1. The Balaban J connectivity index is 2.04. The van der Waals surface area contributed by atoms with Gasteiger partial charge < -0.3 is 10.1 Å². The predicted octanol–water partition coefficient (Wildman–Crippen LogP) is 4.23. The molecule has 2 rings (SSSR count). The first-order chi connectivity index (χ1) is 10.9. The molecule has 8 heteroatoms. The summed E-state index contributed by atoms with van der Waals surface area (Å²) in [5.41, 5.74) is 0.262. The van der Waals surface area contributed by atoms with Crippen LogP contribution in [0.5, 0.6) is 0 Å². The van der Waals surface area contributed by atoms with E-state index in [9.17, 15) is 9.59 Å². The largest absolute Gasteiger partial charge is 0.448 e. The zero-order valence-electron chi connectivity index (χ0n) is 11.8. The van der Waals surface area contributed by atoms with Gasteiger partial charge in [-0.15, -0.1) is 0 Å². The summed E-state index contributed by atoms with van der Waals surface area (Å²) in [5, 5.41) is 3.42. The van der Waals surface area contributed by atoms with Crippen molar-refractivity contribution in [2.75, 3.05) is 5.32 Å². The number of para-hydroxylation sites is 1. The highest BCUT2D eigenvalue weighted by atomic mass is 35.5. The SMILES string of the molecule is C[C@H](OC(=O)c1cc(Cl)ccn1)C(=O)Nc1c(Cl)cccc1Cl. The van der Waals surface area contributed by atoms with Gasteiger partial charge in [0.15, 0.2) is 6.10 Å². The van der Waals surface area contributed by atoms with E-state index >= 15 is 0 Å². The topological polar surface area (TPSA) is 68.3 Å². The molecular formula is C15H11Cl3N2O3. The molecule has 120 valence electrons. The Hall–Kier alpha value is -1.82. The standard InChI is InChI=1S/C15H11Cl3N2O3/c1-8(23-15(22)12-7-9(16)5-6-19-12)14(21)20-13-10(17)3-2-4-11(13)18/h2-8H,1H3,(H,20,21)/t8-/m0/s1. The van der Waals surface area contributed by atoms with Gasteiger partial charge in [0.25, 0.3) is 5.91 Å². The highest BCUT2D eigenvalue weighted by Crippen LogP contribution is 2.29. The molecule has 0 aliphatic carbocycles. The number of aromatic nitrogens is 1. The monoisotopic (exact) mass is 372 g/mol. The average molecular weight is 374 g/mol. The van der Waals surface area contributed by atoms with Gasteiger partial charge in [0.05, 0.1) is 15.7 Å². The Labute approximate surface area is 147 Å². The highest BCUT2D eigenvalue weighted by Gasteiger charge is 2.21. The van der Waals surface area contributed by atoms with Crippen molar-refractivity contribution in [3.8, 4) is 0 Å². The van der Waals surface area contributed by atoms with Crippen LogP contribution in [0.4, 0.5) is 5.69 Å². The van der Waals surface area contributed by atoms with Crippen molar-refractivity contribution in [1.29, 1.82) is 0 Å². The summed E-state index contributed by atoms with van der Waals surface area (Å²) in [6.07, 6.45) is 0.295. The van der Waals surface area contributed by atoms with E-state index in [1.807, 2.05) is 0 Å². The first-order valence-electron chi connectivity index (χ1n) is 6.46. The Morgan fingerprint density at radius 1 is 1.17 bits per heavy atom. The first-order valence-corrected chi connectivity index (χ1v) is 7.59. The molecule has 0 radical (unpaired) electrons. The third-order valence-corrected chi connectivity index (χ3v) is 3.66. The molecule has 1 amide bonds. The van der Waals surface area contributed by atoms with Crippen LogP contribution in [0, 0.1) is 0 Å². The van der Waals surface area contributed by atoms with Crippen LogP contribution in [-0.2, 0) is 9.53 Å². The Morgan fingerprint density at radius 2 is 1.83 bits per heavy atom. The summed E-state index contributed by atoms with van der Waals surface area (Å²) in [6.45, 7) is 1.42. The lowest BCUT2D eigenvalue weighted by Gasteiger charge is -2.14.